The van der Waals surface area contributed by atoms with E-state index in [-0.39, 0.29) is 5.92 Å². The quantitative estimate of drug-likeness (QED) is 0.765. The van der Waals surface area contributed by atoms with Crippen LogP contribution >= 0.6 is 15.9 Å². The van der Waals surface area contributed by atoms with Gasteiger partial charge in [0.15, 0.2) is 0 Å². The molecular weight excluding hydrogens is 262 g/mol. The largest absolute Gasteiger partial charge is 0.260 e. The summed E-state index contributed by atoms with van der Waals surface area (Å²) in [6.07, 6.45) is 4.02. The lowest BCUT2D eigenvalue weighted by molar-refractivity contribution is 0.963. The van der Waals surface area contributed by atoms with Crippen LogP contribution in [0.3, 0.4) is 0 Å². The van der Waals surface area contributed by atoms with Crippen molar-refractivity contribution in [2.75, 3.05) is 0 Å². The van der Waals surface area contributed by atoms with Crippen LogP contribution in [0.2, 0.25) is 0 Å². The van der Waals surface area contributed by atoms with E-state index in [1.54, 1.807) is 0 Å². The van der Waals surface area contributed by atoms with Gasteiger partial charge in [-0.15, -0.1) is 0 Å². The van der Waals surface area contributed by atoms with Gasteiger partial charge in [0.25, 0.3) is 0 Å². The van der Waals surface area contributed by atoms with Crippen LogP contribution in [0.4, 0.5) is 0 Å². The van der Waals surface area contributed by atoms with Crippen molar-refractivity contribution in [1.29, 1.82) is 0 Å². The highest BCUT2D eigenvalue weighted by Crippen LogP contribution is 2.42. The number of aromatic nitrogens is 1. The fraction of sp³-hybridized carbons (Fsp3) is 0.0714. The van der Waals surface area contributed by atoms with E-state index in [0.717, 1.165) is 5.69 Å². The highest BCUT2D eigenvalue weighted by molar-refractivity contribution is 9.11. The molecule has 0 amide bonds. The van der Waals surface area contributed by atoms with Crippen molar-refractivity contribution in [2.24, 2.45) is 0 Å². The van der Waals surface area contributed by atoms with Gasteiger partial charge in [-0.3, -0.25) is 4.98 Å². The Morgan fingerprint density at radius 2 is 1.81 bits per heavy atom. The summed E-state index contributed by atoms with van der Waals surface area (Å²) in [5.74, 6) is 0.261. The third kappa shape index (κ3) is 1.50. The lowest BCUT2D eigenvalue weighted by atomic mass is 9.97. The molecule has 78 valence electrons. The molecule has 0 spiro atoms. The number of allylic oxidation sites excluding steroid dienone is 1. The topological polar surface area (TPSA) is 12.9 Å². The van der Waals surface area contributed by atoms with Crippen molar-refractivity contribution in [3.63, 3.8) is 0 Å². The Balaban J connectivity index is 2.14. The fourth-order valence-electron chi connectivity index (χ4n) is 2.13. The number of benzene rings is 1. The maximum atomic E-state index is 4.44. The van der Waals surface area contributed by atoms with Crippen LogP contribution in [-0.4, -0.2) is 4.98 Å². The Kier molecular flexibility index (Phi) is 2.37. The standard InChI is InChI=1S/C14H10BrN/c15-12-9-10-5-1-2-6-11(10)14(12)13-7-3-4-8-16-13/h1-9,14H. The predicted molar refractivity (Wildman–Crippen MR) is 69.4 cm³/mol. The second kappa shape index (κ2) is 3.87. The molecule has 1 atom stereocenters. The van der Waals surface area contributed by atoms with Gasteiger partial charge in [-0.2, -0.15) is 0 Å². The van der Waals surface area contributed by atoms with Crippen LogP contribution in [0, 0.1) is 0 Å². The van der Waals surface area contributed by atoms with E-state index in [9.17, 15) is 0 Å². The van der Waals surface area contributed by atoms with Gasteiger partial charge in [-0.1, -0.05) is 46.3 Å². The van der Waals surface area contributed by atoms with Crippen LogP contribution < -0.4 is 0 Å². The van der Waals surface area contributed by atoms with Crippen LogP contribution in [0.5, 0.6) is 0 Å². The van der Waals surface area contributed by atoms with Crippen molar-refractivity contribution in [1.82, 2.24) is 4.98 Å². The van der Waals surface area contributed by atoms with Crippen LogP contribution in [0.15, 0.2) is 53.1 Å². The Morgan fingerprint density at radius 3 is 2.62 bits per heavy atom. The molecule has 0 saturated carbocycles. The molecule has 1 unspecified atom stereocenters. The molecule has 1 aliphatic carbocycles. The summed E-state index contributed by atoms with van der Waals surface area (Å²) in [6, 6.07) is 14.5. The number of halogens is 1. The Bertz CT molecular complexity index is 546. The minimum absolute atomic E-state index is 0.261. The van der Waals surface area contributed by atoms with Crippen molar-refractivity contribution < 1.29 is 0 Å². The fourth-order valence-corrected chi connectivity index (χ4v) is 2.86. The summed E-state index contributed by atoms with van der Waals surface area (Å²) >= 11 is 3.64. The molecule has 0 saturated heterocycles. The SMILES string of the molecule is BrC1=Cc2ccccc2C1c1ccccn1. The first kappa shape index (κ1) is 9.79. The van der Waals surface area contributed by atoms with Gasteiger partial charge in [0.2, 0.25) is 0 Å². The normalized spacial score (nSPS) is 18.1. The molecule has 1 nitrogen and oxygen atoms in total. The maximum Gasteiger partial charge on any atom is 0.0584 e. The van der Waals surface area contributed by atoms with E-state index in [1.165, 1.54) is 15.6 Å². The smallest absolute Gasteiger partial charge is 0.0584 e. The first-order valence-corrected chi connectivity index (χ1v) is 6.02. The molecule has 1 aromatic heterocycles. The molecule has 3 rings (SSSR count). The summed E-state index contributed by atoms with van der Waals surface area (Å²) in [6.45, 7) is 0. The third-order valence-corrected chi connectivity index (χ3v) is 3.55. The van der Waals surface area contributed by atoms with E-state index in [4.69, 9.17) is 0 Å². The molecule has 2 heteroatoms. The predicted octanol–water partition coefficient (Wildman–Crippen LogP) is 3.96. The number of hydrogen-bond donors (Lipinski definition) is 0. The Labute approximate surface area is 103 Å². The number of rotatable bonds is 1. The van der Waals surface area contributed by atoms with Gasteiger partial charge in [-0.05, 0) is 29.3 Å². The van der Waals surface area contributed by atoms with E-state index in [0.29, 0.717) is 0 Å². The van der Waals surface area contributed by atoms with Gasteiger partial charge >= 0.3 is 0 Å². The van der Waals surface area contributed by atoms with Crippen molar-refractivity contribution >= 4 is 22.0 Å². The third-order valence-electron chi connectivity index (χ3n) is 2.86. The van der Waals surface area contributed by atoms with E-state index in [2.05, 4.69) is 57.3 Å². The zero-order valence-corrected chi connectivity index (χ0v) is 10.2. The number of pyridine rings is 1. The Morgan fingerprint density at radius 1 is 1.00 bits per heavy atom. The second-order valence-corrected chi connectivity index (χ2v) is 4.76. The van der Waals surface area contributed by atoms with Crippen LogP contribution in [-0.2, 0) is 0 Å². The van der Waals surface area contributed by atoms with Gasteiger partial charge < -0.3 is 0 Å². The van der Waals surface area contributed by atoms with Gasteiger partial charge in [0, 0.05) is 10.7 Å². The van der Waals surface area contributed by atoms with Gasteiger partial charge in [0.1, 0.15) is 0 Å². The zero-order valence-electron chi connectivity index (χ0n) is 8.60. The van der Waals surface area contributed by atoms with Gasteiger partial charge in [-0.25, -0.2) is 0 Å². The summed E-state index contributed by atoms with van der Waals surface area (Å²) in [4.78, 5) is 4.44. The lowest BCUT2D eigenvalue weighted by Gasteiger charge is -2.12. The highest BCUT2D eigenvalue weighted by atomic mass is 79.9. The molecule has 2 aromatic rings. The molecule has 16 heavy (non-hydrogen) atoms. The summed E-state index contributed by atoms with van der Waals surface area (Å²) in [7, 11) is 0. The molecular formula is C14H10BrN. The average Bonchev–Trinajstić information content (AvgIpc) is 2.66. The van der Waals surface area contributed by atoms with E-state index < -0.39 is 0 Å². The van der Waals surface area contributed by atoms with Crippen LogP contribution in [0.25, 0.3) is 6.08 Å². The summed E-state index contributed by atoms with van der Waals surface area (Å²) < 4.78 is 1.19. The first-order valence-electron chi connectivity index (χ1n) is 5.23. The van der Waals surface area contributed by atoms with Crippen molar-refractivity contribution in [3.8, 4) is 0 Å². The lowest BCUT2D eigenvalue weighted by Crippen LogP contribution is -2.00. The minimum Gasteiger partial charge on any atom is -0.260 e. The number of hydrogen-bond acceptors (Lipinski definition) is 1. The molecule has 0 fully saturated rings. The summed E-state index contributed by atoms with van der Waals surface area (Å²) in [5.41, 5.74) is 3.70. The second-order valence-electron chi connectivity index (χ2n) is 3.85. The van der Waals surface area contributed by atoms with Crippen molar-refractivity contribution in [3.05, 3.63) is 70.0 Å². The average molecular weight is 272 g/mol. The monoisotopic (exact) mass is 271 g/mol. The molecule has 0 aliphatic heterocycles. The molecule has 1 aliphatic rings. The van der Waals surface area contributed by atoms with Crippen LogP contribution in [0.1, 0.15) is 22.7 Å². The Hall–Kier alpha value is -1.41. The number of fused-ring (bicyclic) bond motifs is 1. The van der Waals surface area contributed by atoms with Crippen molar-refractivity contribution in [2.45, 2.75) is 5.92 Å². The minimum atomic E-state index is 0.261. The maximum absolute atomic E-state index is 4.44. The van der Waals surface area contributed by atoms with E-state index in [1.807, 2.05) is 18.3 Å². The number of nitrogens with zero attached hydrogens (tertiary/aromatic N) is 1. The first-order chi connectivity index (χ1) is 7.86. The zero-order chi connectivity index (χ0) is 11.0. The molecule has 1 heterocycles. The van der Waals surface area contributed by atoms with Gasteiger partial charge in [0.05, 0.1) is 11.6 Å². The summed E-state index contributed by atoms with van der Waals surface area (Å²) in [5, 5.41) is 0. The highest BCUT2D eigenvalue weighted by Gasteiger charge is 2.25. The molecule has 0 N–H and O–H groups in total. The molecule has 0 bridgehead atoms. The molecule has 1 aromatic carbocycles. The van der Waals surface area contributed by atoms with E-state index >= 15 is 0 Å². The molecule has 0 radical (unpaired) electrons.